The Morgan fingerprint density at radius 2 is 1.24 bits per heavy atom. The van der Waals surface area contributed by atoms with Crippen LogP contribution in [0.5, 0.6) is 0 Å². The van der Waals surface area contributed by atoms with E-state index in [1.165, 1.54) is 23.9 Å². The van der Waals surface area contributed by atoms with Gasteiger partial charge in [-0.1, -0.05) is 27.7 Å². The van der Waals surface area contributed by atoms with E-state index < -0.39 is 21.7 Å². The molecule has 0 fully saturated rings. The summed E-state index contributed by atoms with van der Waals surface area (Å²) in [6, 6.07) is 5.63. The summed E-state index contributed by atoms with van der Waals surface area (Å²) in [5.74, 6) is -0.0673. The molecule has 0 radical (unpaired) electrons. The summed E-state index contributed by atoms with van der Waals surface area (Å²) in [5.41, 5.74) is -1.58. The van der Waals surface area contributed by atoms with Gasteiger partial charge in [-0.25, -0.2) is 0 Å². The Kier molecular flexibility index (Phi) is 5.58. The number of hydrogen-bond acceptors (Lipinski definition) is 5. The van der Waals surface area contributed by atoms with Crippen LogP contribution >= 0.6 is 11.8 Å². The van der Waals surface area contributed by atoms with Gasteiger partial charge in [0.25, 0.3) is 0 Å². The van der Waals surface area contributed by atoms with Gasteiger partial charge in [0.15, 0.2) is 0 Å². The van der Waals surface area contributed by atoms with Crippen molar-refractivity contribution in [3.8, 4) is 0 Å². The molecule has 0 unspecified atom stereocenters. The molecule has 0 saturated carbocycles. The van der Waals surface area contributed by atoms with Gasteiger partial charge in [0.1, 0.15) is 0 Å². The second-order valence-corrected chi connectivity index (χ2v) is 6.55. The zero-order valence-corrected chi connectivity index (χ0v) is 15.7. The SMILES string of the molecule is CC.CSc1c2ccc(=O)c(=O)c2c(C(C)C)c2ccc(=O)c(=O)c12. The number of hydrogen-bond donors (Lipinski definition) is 0. The van der Waals surface area contributed by atoms with Crippen LogP contribution in [0.2, 0.25) is 0 Å². The normalized spacial score (nSPS) is 11.0. The molecule has 3 rings (SSSR count). The molecule has 3 aromatic rings. The van der Waals surface area contributed by atoms with Crippen LogP contribution in [-0.4, -0.2) is 6.26 Å². The van der Waals surface area contributed by atoms with Crippen molar-refractivity contribution in [2.24, 2.45) is 0 Å². The quantitative estimate of drug-likeness (QED) is 0.401. The van der Waals surface area contributed by atoms with E-state index in [1.807, 2.05) is 27.7 Å². The third-order valence-corrected chi connectivity index (χ3v) is 4.89. The zero-order chi connectivity index (χ0) is 18.9. The molecule has 0 N–H and O–H groups in total. The minimum atomic E-state index is -0.565. The molecule has 130 valence electrons. The molecular weight excluding hydrogens is 336 g/mol. The smallest absolute Gasteiger partial charge is 0.234 e. The van der Waals surface area contributed by atoms with E-state index in [0.717, 1.165) is 0 Å². The number of rotatable bonds is 2. The Balaban J connectivity index is 0.00000109. The van der Waals surface area contributed by atoms with E-state index in [4.69, 9.17) is 0 Å². The van der Waals surface area contributed by atoms with Crippen molar-refractivity contribution < 1.29 is 0 Å². The Labute approximate surface area is 149 Å². The lowest BCUT2D eigenvalue weighted by molar-refractivity contribution is 0.884. The van der Waals surface area contributed by atoms with Crippen LogP contribution < -0.4 is 21.7 Å². The van der Waals surface area contributed by atoms with Crippen LogP contribution in [0.15, 0.2) is 48.3 Å². The first-order valence-corrected chi connectivity index (χ1v) is 9.42. The summed E-state index contributed by atoms with van der Waals surface area (Å²) in [4.78, 5) is 49.1. The molecular formula is C20H20O4S. The Hall–Kier alpha value is -2.27. The highest BCUT2D eigenvalue weighted by Crippen LogP contribution is 2.37. The topological polar surface area (TPSA) is 68.3 Å². The van der Waals surface area contributed by atoms with Crippen molar-refractivity contribution in [3.63, 3.8) is 0 Å². The van der Waals surface area contributed by atoms with E-state index in [-0.39, 0.29) is 5.92 Å². The lowest BCUT2D eigenvalue weighted by atomic mass is 9.89. The maximum atomic E-state index is 12.5. The zero-order valence-electron chi connectivity index (χ0n) is 14.9. The Morgan fingerprint density at radius 1 is 0.760 bits per heavy atom. The highest BCUT2D eigenvalue weighted by molar-refractivity contribution is 7.99. The molecule has 0 saturated heterocycles. The minimum Gasteiger partial charge on any atom is -0.286 e. The van der Waals surface area contributed by atoms with Crippen LogP contribution in [0.3, 0.4) is 0 Å². The molecule has 0 aliphatic heterocycles. The first kappa shape index (κ1) is 19.1. The Morgan fingerprint density at radius 3 is 1.72 bits per heavy atom. The Bertz CT molecular complexity index is 1150. The second kappa shape index (κ2) is 7.31. The van der Waals surface area contributed by atoms with Crippen molar-refractivity contribution in [1.29, 1.82) is 0 Å². The second-order valence-electron chi connectivity index (χ2n) is 5.73. The lowest BCUT2D eigenvalue weighted by Gasteiger charge is -2.16. The fourth-order valence-electron chi connectivity index (χ4n) is 3.11. The van der Waals surface area contributed by atoms with Gasteiger partial charge in [-0.3, -0.25) is 19.2 Å². The average Bonchev–Trinajstić information content (AvgIpc) is 2.61. The number of fused-ring (bicyclic) bond motifs is 2. The molecule has 0 aliphatic carbocycles. The standard InChI is InChI=1S/C18H14O4S.C2H6/c1-8(2)13-9-4-6-12(20)17(22)15(9)18(23-3)10-5-7-11(19)16(21)14(10)13;1-2/h4-8H,1-3H3;1-2H3. The van der Waals surface area contributed by atoms with Gasteiger partial charge < -0.3 is 0 Å². The van der Waals surface area contributed by atoms with Crippen molar-refractivity contribution >= 4 is 33.3 Å². The first-order chi connectivity index (χ1) is 11.9. The van der Waals surface area contributed by atoms with E-state index in [0.29, 0.717) is 32.0 Å². The third kappa shape index (κ3) is 2.93. The van der Waals surface area contributed by atoms with E-state index >= 15 is 0 Å². The molecule has 3 aromatic carbocycles. The first-order valence-electron chi connectivity index (χ1n) is 8.19. The molecule has 0 aliphatic rings. The van der Waals surface area contributed by atoms with Gasteiger partial charge in [0, 0.05) is 21.1 Å². The monoisotopic (exact) mass is 356 g/mol. The van der Waals surface area contributed by atoms with E-state index in [2.05, 4.69) is 0 Å². The molecule has 0 amide bonds. The minimum absolute atomic E-state index is 0.0673. The van der Waals surface area contributed by atoms with Gasteiger partial charge in [0.2, 0.25) is 21.7 Å². The lowest BCUT2D eigenvalue weighted by Crippen LogP contribution is -2.26. The maximum absolute atomic E-state index is 12.5. The van der Waals surface area contributed by atoms with Crippen molar-refractivity contribution in [3.05, 3.63) is 70.7 Å². The molecule has 0 spiro atoms. The van der Waals surface area contributed by atoms with Gasteiger partial charge >= 0.3 is 0 Å². The van der Waals surface area contributed by atoms with Crippen molar-refractivity contribution in [2.75, 3.05) is 6.26 Å². The van der Waals surface area contributed by atoms with Gasteiger partial charge in [0.05, 0.1) is 0 Å². The number of thioether (sulfide) groups is 1. The summed E-state index contributed by atoms with van der Waals surface area (Å²) in [6.07, 6.45) is 1.79. The van der Waals surface area contributed by atoms with Gasteiger partial charge in [-0.2, -0.15) is 0 Å². The molecule has 5 heteroatoms. The molecule has 0 aromatic heterocycles. The van der Waals surface area contributed by atoms with Crippen molar-refractivity contribution in [1.82, 2.24) is 0 Å². The fourth-order valence-corrected chi connectivity index (χ4v) is 3.91. The molecule has 0 atom stereocenters. The van der Waals surface area contributed by atoms with Crippen LogP contribution in [0.1, 0.15) is 39.2 Å². The van der Waals surface area contributed by atoms with E-state index in [9.17, 15) is 19.2 Å². The third-order valence-electron chi connectivity index (χ3n) is 4.06. The predicted molar refractivity (Wildman–Crippen MR) is 106 cm³/mol. The van der Waals surface area contributed by atoms with Crippen LogP contribution in [0.4, 0.5) is 0 Å². The summed E-state index contributed by atoms with van der Waals surface area (Å²) in [5, 5.41) is 1.87. The molecule has 25 heavy (non-hydrogen) atoms. The predicted octanol–water partition coefficient (Wildman–Crippen LogP) is 3.18. The molecule has 0 bridgehead atoms. The largest absolute Gasteiger partial charge is 0.286 e. The number of benzene rings is 3. The van der Waals surface area contributed by atoms with E-state index in [1.54, 1.807) is 18.4 Å². The summed E-state index contributed by atoms with van der Waals surface area (Å²) >= 11 is 1.31. The summed E-state index contributed by atoms with van der Waals surface area (Å²) in [7, 11) is 0. The molecule has 4 nitrogen and oxygen atoms in total. The molecule has 0 heterocycles. The fraction of sp³-hybridized carbons (Fsp3) is 0.300. The summed E-state index contributed by atoms with van der Waals surface area (Å²) in [6.45, 7) is 7.80. The highest BCUT2D eigenvalue weighted by atomic mass is 32.2. The average molecular weight is 356 g/mol. The van der Waals surface area contributed by atoms with Gasteiger partial charge in [-0.05, 0) is 47.4 Å². The van der Waals surface area contributed by atoms with Crippen molar-refractivity contribution in [2.45, 2.75) is 38.5 Å². The van der Waals surface area contributed by atoms with Crippen LogP contribution in [0.25, 0.3) is 21.5 Å². The van der Waals surface area contributed by atoms with Gasteiger partial charge in [-0.15, -0.1) is 11.8 Å². The van der Waals surface area contributed by atoms with Crippen LogP contribution in [-0.2, 0) is 0 Å². The highest BCUT2D eigenvalue weighted by Gasteiger charge is 2.21. The maximum Gasteiger partial charge on any atom is 0.234 e. The summed E-state index contributed by atoms with van der Waals surface area (Å²) < 4.78 is 0. The van der Waals surface area contributed by atoms with Crippen LogP contribution in [0, 0.1) is 0 Å².